The molecule has 1 atom stereocenters. The number of fused-ring (bicyclic) bond motifs is 1. The normalized spacial score (nSPS) is 20.8. The van der Waals surface area contributed by atoms with Crippen LogP contribution in [0.25, 0.3) is 0 Å². The first-order chi connectivity index (χ1) is 12.7. The minimum atomic E-state index is 0.174. The summed E-state index contributed by atoms with van der Waals surface area (Å²) >= 11 is 0. The SMILES string of the molecule is CC1Cc2ccccc2N1C(=O)CN1CCC(n2cnc(C#N)n2)CC1. The summed E-state index contributed by atoms with van der Waals surface area (Å²) in [6, 6.07) is 10.6. The molecular weight excluding hydrogens is 328 g/mol. The second-order valence-electron chi connectivity index (χ2n) is 7.11. The molecule has 1 unspecified atom stereocenters. The summed E-state index contributed by atoms with van der Waals surface area (Å²) in [5, 5.41) is 13.0. The second-order valence-corrected chi connectivity index (χ2v) is 7.11. The zero-order valence-electron chi connectivity index (χ0n) is 14.9. The Balaban J connectivity index is 1.36. The number of piperidine rings is 1. The number of benzene rings is 1. The lowest BCUT2D eigenvalue weighted by Gasteiger charge is -2.33. The average Bonchev–Trinajstić information content (AvgIpc) is 3.25. The highest BCUT2D eigenvalue weighted by molar-refractivity contribution is 5.97. The van der Waals surface area contributed by atoms with Crippen LogP contribution in [0.4, 0.5) is 5.69 Å². The predicted molar refractivity (Wildman–Crippen MR) is 96.5 cm³/mol. The van der Waals surface area contributed by atoms with Crippen LogP contribution in [0, 0.1) is 11.3 Å². The Morgan fingerprint density at radius 3 is 2.81 bits per heavy atom. The van der Waals surface area contributed by atoms with Crippen LogP contribution >= 0.6 is 0 Å². The fourth-order valence-electron chi connectivity index (χ4n) is 4.06. The van der Waals surface area contributed by atoms with Gasteiger partial charge in [-0.3, -0.25) is 9.69 Å². The van der Waals surface area contributed by atoms with E-state index in [1.807, 2.05) is 29.2 Å². The first-order valence-electron chi connectivity index (χ1n) is 9.09. The zero-order valence-corrected chi connectivity index (χ0v) is 14.9. The molecule has 0 bridgehead atoms. The summed E-state index contributed by atoms with van der Waals surface area (Å²) in [7, 11) is 0. The lowest BCUT2D eigenvalue weighted by molar-refractivity contribution is -0.120. The molecule has 26 heavy (non-hydrogen) atoms. The van der Waals surface area contributed by atoms with Gasteiger partial charge in [-0.25, -0.2) is 9.67 Å². The Bertz CT molecular complexity index is 846. The Labute approximate surface area is 152 Å². The van der Waals surface area contributed by atoms with E-state index in [9.17, 15) is 4.79 Å². The van der Waals surface area contributed by atoms with E-state index < -0.39 is 0 Å². The van der Waals surface area contributed by atoms with Crippen molar-refractivity contribution >= 4 is 11.6 Å². The maximum absolute atomic E-state index is 12.9. The van der Waals surface area contributed by atoms with Crippen LogP contribution in [0.1, 0.15) is 37.2 Å². The number of likely N-dealkylation sites (tertiary alicyclic amines) is 1. The number of rotatable bonds is 3. The largest absolute Gasteiger partial charge is 0.308 e. The number of anilines is 1. The predicted octanol–water partition coefficient (Wildman–Crippen LogP) is 1.76. The van der Waals surface area contributed by atoms with Crippen molar-refractivity contribution < 1.29 is 4.79 Å². The Hall–Kier alpha value is -2.72. The molecule has 3 heterocycles. The molecule has 1 aromatic carbocycles. The van der Waals surface area contributed by atoms with Crippen molar-refractivity contribution in [2.24, 2.45) is 0 Å². The van der Waals surface area contributed by atoms with Gasteiger partial charge in [0.25, 0.3) is 5.82 Å². The number of carbonyl (C=O) groups excluding carboxylic acids is 1. The van der Waals surface area contributed by atoms with Crippen LogP contribution in [0.3, 0.4) is 0 Å². The first-order valence-corrected chi connectivity index (χ1v) is 9.09. The van der Waals surface area contributed by atoms with E-state index in [1.54, 1.807) is 11.0 Å². The summed E-state index contributed by atoms with van der Waals surface area (Å²) in [5.74, 6) is 0.387. The van der Waals surface area contributed by atoms with Crippen LogP contribution in [0.2, 0.25) is 0 Å². The van der Waals surface area contributed by atoms with Gasteiger partial charge in [0.15, 0.2) is 0 Å². The van der Waals surface area contributed by atoms with E-state index in [2.05, 4.69) is 28.0 Å². The number of nitrogens with zero attached hydrogens (tertiary/aromatic N) is 6. The van der Waals surface area contributed by atoms with E-state index >= 15 is 0 Å². The van der Waals surface area contributed by atoms with Crippen molar-refractivity contribution in [3.63, 3.8) is 0 Å². The third kappa shape index (κ3) is 3.08. The standard InChI is InChI=1S/C19H22N6O/c1-14-10-15-4-2-3-5-17(15)25(14)19(26)12-23-8-6-16(7-9-23)24-13-21-18(11-20)22-24/h2-5,13-14,16H,6-10,12H2,1H3. The maximum Gasteiger partial charge on any atom is 0.252 e. The topological polar surface area (TPSA) is 78.0 Å². The molecule has 134 valence electrons. The van der Waals surface area contributed by atoms with Crippen LogP contribution in [-0.2, 0) is 11.2 Å². The fraction of sp³-hybridized carbons (Fsp3) is 0.474. The van der Waals surface area contributed by atoms with Crippen molar-refractivity contribution in [3.8, 4) is 6.07 Å². The molecule has 1 amide bonds. The molecule has 0 N–H and O–H groups in total. The highest BCUT2D eigenvalue weighted by atomic mass is 16.2. The number of hydrogen-bond acceptors (Lipinski definition) is 5. The minimum Gasteiger partial charge on any atom is -0.308 e. The van der Waals surface area contributed by atoms with Gasteiger partial charge in [0.05, 0.1) is 12.6 Å². The highest BCUT2D eigenvalue weighted by Gasteiger charge is 2.32. The Morgan fingerprint density at radius 1 is 1.31 bits per heavy atom. The van der Waals surface area contributed by atoms with Crippen molar-refractivity contribution in [2.45, 2.75) is 38.3 Å². The molecule has 1 fully saturated rings. The van der Waals surface area contributed by atoms with E-state index in [4.69, 9.17) is 5.26 Å². The van der Waals surface area contributed by atoms with Gasteiger partial charge in [-0.1, -0.05) is 18.2 Å². The molecule has 1 aromatic heterocycles. The molecule has 0 radical (unpaired) electrons. The summed E-state index contributed by atoms with van der Waals surface area (Å²) < 4.78 is 1.79. The third-order valence-electron chi connectivity index (χ3n) is 5.37. The lowest BCUT2D eigenvalue weighted by atomic mass is 10.1. The molecule has 1 saturated heterocycles. The van der Waals surface area contributed by atoms with Crippen LogP contribution in [-0.4, -0.2) is 51.2 Å². The molecule has 0 aliphatic carbocycles. The molecule has 2 aliphatic heterocycles. The van der Waals surface area contributed by atoms with E-state index in [-0.39, 0.29) is 23.8 Å². The summed E-state index contributed by atoms with van der Waals surface area (Å²) in [6.45, 7) is 4.26. The molecule has 0 saturated carbocycles. The number of hydrogen-bond donors (Lipinski definition) is 0. The van der Waals surface area contributed by atoms with Gasteiger partial charge in [0.1, 0.15) is 12.4 Å². The molecule has 0 spiro atoms. The first kappa shape index (κ1) is 16.7. The maximum atomic E-state index is 12.9. The number of nitriles is 1. The third-order valence-corrected chi connectivity index (χ3v) is 5.37. The van der Waals surface area contributed by atoms with Crippen LogP contribution < -0.4 is 4.90 Å². The van der Waals surface area contributed by atoms with Crippen LogP contribution in [0.15, 0.2) is 30.6 Å². The fourth-order valence-corrected chi connectivity index (χ4v) is 4.06. The number of para-hydroxylation sites is 1. The number of aromatic nitrogens is 3. The minimum absolute atomic E-state index is 0.174. The van der Waals surface area contributed by atoms with Gasteiger partial charge < -0.3 is 4.90 Å². The summed E-state index contributed by atoms with van der Waals surface area (Å²) in [6.07, 6.45) is 4.38. The van der Waals surface area contributed by atoms with Crippen molar-refractivity contribution in [1.82, 2.24) is 19.7 Å². The molecule has 7 nitrogen and oxygen atoms in total. The summed E-state index contributed by atoms with van der Waals surface area (Å²) in [4.78, 5) is 21.0. The second kappa shape index (κ2) is 6.89. The van der Waals surface area contributed by atoms with Gasteiger partial charge in [0.2, 0.25) is 5.91 Å². The van der Waals surface area contributed by atoms with Crippen molar-refractivity contribution in [1.29, 1.82) is 5.26 Å². The van der Waals surface area contributed by atoms with Gasteiger partial charge in [-0.2, -0.15) is 5.26 Å². The van der Waals surface area contributed by atoms with Gasteiger partial charge in [-0.15, -0.1) is 5.10 Å². The summed E-state index contributed by atoms with van der Waals surface area (Å²) in [5.41, 5.74) is 2.32. The highest BCUT2D eigenvalue weighted by Crippen LogP contribution is 2.32. The molecular formula is C19H22N6O. The van der Waals surface area contributed by atoms with Crippen molar-refractivity contribution in [2.75, 3.05) is 24.5 Å². The van der Waals surface area contributed by atoms with Gasteiger partial charge >= 0.3 is 0 Å². The molecule has 2 aromatic rings. The Morgan fingerprint density at radius 2 is 2.08 bits per heavy atom. The average molecular weight is 350 g/mol. The van der Waals surface area contributed by atoms with E-state index in [0.717, 1.165) is 38.0 Å². The Kier molecular flexibility index (Phi) is 4.43. The van der Waals surface area contributed by atoms with E-state index in [0.29, 0.717) is 6.54 Å². The van der Waals surface area contributed by atoms with Gasteiger partial charge in [0, 0.05) is 24.8 Å². The molecule has 2 aliphatic rings. The smallest absolute Gasteiger partial charge is 0.252 e. The monoisotopic (exact) mass is 350 g/mol. The number of carbonyl (C=O) groups is 1. The van der Waals surface area contributed by atoms with Crippen LogP contribution in [0.5, 0.6) is 0 Å². The quantitative estimate of drug-likeness (QED) is 0.843. The van der Waals surface area contributed by atoms with Gasteiger partial charge in [-0.05, 0) is 37.8 Å². The number of amides is 1. The van der Waals surface area contributed by atoms with Crippen molar-refractivity contribution in [3.05, 3.63) is 42.0 Å². The lowest BCUT2D eigenvalue weighted by Crippen LogP contribution is -2.45. The zero-order chi connectivity index (χ0) is 18.1. The molecule has 7 heteroatoms. The molecule has 4 rings (SSSR count). The van der Waals surface area contributed by atoms with E-state index in [1.165, 1.54) is 5.56 Å².